The van der Waals surface area contributed by atoms with Crippen LogP contribution < -0.4 is 5.32 Å². The summed E-state index contributed by atoms with van der Waals surface area (Å²) in [7, 11) is 0. The predicted molar refractivity (Wildman–Crippen MR) is 90.2 cm³/mol. The average Bonchev–Trinajstić information content (AvgIpc) is 2.76. The summed E-state index contributed by atoms with van der Waals surface area (Å²) in [4.78, 5) is 23.5. The molecule has 0 aliphatic carbocycles. The van der Waals surface area contributed by atoms with Gasteiger partial charge < -0.3 is 0 Å². The van der Waals surface area contributed by atoms with Crippen LogP contribution in [0.15, 0.2) is 11.0 Å². The lowest BCUT2D eigenvalue weighted by atomic mass is 9.94. The fraction of sp³-hybridized carbons (Fsp3) is 0.765. The van der Waals surface area contributed by atoms with Crippen LogP contribution in [0, 0.1) is 5.92 Å². The molecule has 0 saturated carbocycles. The number of unbranched alkanes of at least 4 members (excludes halogenated alkanes) is 6. The van der Waals surface area contributed by atoms with Gasteiger partial charge in [0.25, 0.3) is 11.1 Å². The summed E-state index contributed by atoms with van der Waals surface area (Å²) in [6.07, 6.45) is 14.4. The largest absolute Gasteiger partial charge is 0.290 e. The smallest absolute Gasteiger partial charge is 0.282 e. The van der Waals surface area contributed by atoms with E-state index in [9.17, 15) is 9.59 Å². The summed E-state index contributed by atoms with van der Waals surface area (Å²) in [6.45, 7) is 4.43. The van der Waals surface area contributed by atoms with E-state index in [1.807, 2.05) is 6.08 Å². The topological polar surface area (TPSA) is 46.2 Å². The van der Waals surface area contributed by atoms with E-state index in [1.54, 1.807) is 0 Å². The van der Waals surface area contributed by atoms with Gasteiger partial charge in [-0.25, -0.2) is 0 Å². The van der Waals surface area contributed by atoms with E-state index in [0.29, 0.717) is 10.8 Å². The third-order valence-electron chi connectivity index (χ3n) is 3.89. The first-order valence-electron chi connectivity index (χ1n) is 8.42. The molecule has 1 rings (SSSR count). The second kappa shape index (κ2) is 10.9. The van der Waals surface area contributed by atoms with Crippen LogP contribution in [0.2, 0.25) is 0 Å². The summed E-state index contributed by atoms with van der Waals surface area (Å²) in [5, 5.41) is 2.11. The van der Waals surface area contributed by atoms with Crippen molar-refractivity contribution in [1.82, 2.24) is 5.32 Å². The van der Waals surface area contributed by atoms with E-state index < -0.39 is 0 Å². The fourth-order valence-corrected chi connectivity index (χ4v) is 3.38. The van der Waals surface area contributed by atoms with E-state index in [4.69, 9.17) is 0 Å². The van der Waals surface area contributed by atoms with Gasteiger partial charge in [0.15, 0.2) is 0 Å². The van der Waals surface area contributed by atoms with Crippen molar-refractivity contribution < 1.29 is 9.59 Å². The van der Waals surface area contributed by atoms with Gasteiger partial charge in [0.05, 0.1) is 4.91 Å². The van der Waals surface area contributed by atoms with Crippen molar-refractivity contribution in [2.75, 3.05) is 0 Å². The summed E-state index contributed by atoms with van der Waals surface area (Å²) in [5.74, 6) is 0.230. The molecular formula is C17H29NO2S. The van der Waals surface area contributed by atoms with Crippen molar-refractivity contribution in [1.29, 1.82) is 0 Å². The van der Waals surface area contributed by atoms with Crippen molar-refractivity contribution in [2.45, 2.75) is 78.1 Å². The lowest BCUT2D eigenvalue weighted by Crippen LogP contribution is -2.18. The van der Waals surface area contributed by atoms with Crippen molar-refractivity contribution in [2.24, 2.45) is 5.92 Å². The van der Waals surface area contributed by atoms with E-state index >= 15 is 0 Å². The molecule has 2 amide bonds. The number of nitrogens with one attached hydrogen (secondary N) is 1. The molecule has 0 aromatic rings. The molecule has 1 aliphatic heterocycles. The number of carbonyl (C=O) groups is 2. The number of amides is 2. The monoisotopic (exact) mass is 311 g/mol. The lowest BCUT2D eigenvalue weighted by molar-refractivity contribution is -0.115. The predicted octanol–water partition coefficient (Wildman–Crippen LogP) is 5.41. The number of imide groups is 1. The normalized spacial score (nSPS) is 18.3. The lowest BCUT2D eigenvalue weighted by Gasteiger charge is -2.13. The third-order valence-corrected chi connectivity index (χ3v) is 4.71. The zero-order valence-electron chi connectivity index (χ0n) is 13.5. The average molecular weight is 311 g/mol. The zero-order chi connectivity index (χ0) is 15.5. The number of hydrogen-bond donors (Lipinski definition) is 1. The summed E-state index contributed by atoms with van der Waals surface area (Å²) < 4.78 is 0. The molecule has 1 atom stereocenters. The quantitative estimate of drug-likeness (QED) is 0.410. The second-order valence-electron chi connectivity index (χ2n) is 5.83. The Kier molecular flexibility index (Phi) is 9.48. The maximum absolute atomic E-state index is 11.6. The molecule has 1 heterocycles. The van der Waals surface area contributed by atoms with Gasteiger partial charge in [-0.15, -0.1) is 0 Å². The molecule has 1 saturated heterocycles. The first-order valence-corrected chi connectivity index (χ1v) is 9.24. The Morgan fingerprint density at radius 1 is 0.952 bits per heavy atom. The van der Waals surface area contributed by atoms with Crippen LogP contribution in [0.1, 0.15) is 78.1 Å². The SMILES string of the molecule is CCCCCCCC(/C=C1\SC(=O)NC1=O)CCCCC. The Morgan fingerprint density at radius 3 is 2.10 bits per heavy atom. The van der Waals surface area contributed by atoms with Crippen LogP contribution in [-0.4, -0.2) is 11.1 Å². The van der Waals surface area contributed by atoms with Gasteiger partial charge in [0.1, 0.15) is 0 Å². The third kappa shape index (κ3) is 7.70. The Bertz CT molecular complexity index is 366. The maximum Gasteiger partial charge on any atom is 0.290 e. The highest BCUT2D eigenvalue weighted by Crippen LogP contribution is 2.28. The Balaban J connectivity index is 2.45. The van der Waals surface area contributed by atoms with Gasteiger partial charge >= 0.3 is 0 Å². The fourth-order valence-electron chi connectivity index (χ4n) is 2.63. The first-order chi connectivity index (χ1) is 10.2. The van der Waals surface area contributed by atoms with E-state index in [0.717, 1.165) is 24.6 Å². The van der Waals surface area contributed by atoms with Crippen LogP contribution in [-0.2, 0) is 4.79 Å². The number of hydrogen-bond acceptors (Lipinski definition) is 3. The molecule has 1 unspecified atom stereocenters. The zero-order valence-corrected chi connectivity index (χ0v) is 14.3. The highest BCUT2D eigenvalue weighted by atomic mass is 32.2. The number of rotatable bonds is 11. The van der Waals surface area contributed by atoms with E-state index in [2.05, 4.69) is 19.2 Å². The highest BCUT2D eigenvalue weighted by molar-refractivity contribution is 8.18. The molecule has 0 aromatic carbocycles. The van der Waals surface area contributed by atoms with Crippen LogP contribution in [0.3, 0.4) is 0 Å². The molecule has 0 bridgehead atoms. The van der Waals surface area contributed by atoms with Crippen molar-refractivity contribution in [3.63, 3.8) is 0 Å². The molecule has 21 heavy (non-hydrogen) atoms. The van der Waals surface area contributed by atoms with Gasteiger partial charge in [-0.2, -0.15) is 0 Å². The van der Waals surface area contributed by atoms with Crippen molar-refractivity contribution in [3.05, 3.63) is 11.0 Å². The number of allylic oxidation sites excluding steroid dienone is 1. The molecular weight excluding hydrogens is 282 g/mol. The molecule has 120 valence electrons. The van der Waals surface area contributed by atoms with Gasteiger partial charge in [-0.05, 0) is 30.5 Å². The molecule has 1 aliphatic rings. The van der Waals surface area contributed by atoms with Crippen LogP contribution in [0.5, 0.6) is 0 Å². The van der Waals surface area contributed by atoms with Crippen molar-refractivity contribution in [3.8, 4) is 0 Å². The highest BCUT2D eigenvalue weighted by Gasteiger charge is 2.25. The summed E-state index contributed by atoms with van der Waals surface area (Å²) in [5.41, 5.74) is 0. The van der Waals surface area contributed by atoms with Gasteiger partial charge in [-0.3, -0.25) is 14.9 Å². The standard InChI is InChI=1S/C17H29NO2S/c1-3-5-7-8-10-12-14(11-9-6-4-2)13-15-16(19)18-17(20)21-15/h13-14H,3-12H2,1-2H3,(H,18,19,20)/b15-13-. The van der Waals surface area contributed by atoms with Crippen LogP contribution in [0.4, 0.5) is 4.79 Å². The van der Waals surface area contributed by atoms with Gasteiger partial charge in [0, 0.05) is 0 Å². The summed E-state index contributed by atoms with van der Waals surface area (Å²) >= 11 is 1.05. The molecule has 1 fully saturated rings. The van der Waals surface area contributed by atoms with E-state index in [-0.39, 0.29) is 11.1 Å². The molecule has 0 spiro atoms. The minimum atomic E-state index is -0.235. The first kappa shape index (κ1) is 18.3. The Morgan fingerprint density at radius 2 is 1.52 bits per heavy atom. The molecule has 1 N–H and O–H groups in total. The number of carbonyl (C=O) groups excluding carboxylic acids is 2. The Hall–Kier alpha value is -0.770. The molecule has 4 heteroatoms. The van der Waals surface area contributed by atoms with Crippen LogP contribution in [0.25, 0.3) is 0 Å². The van der Waals surface area contributed by atoms with Gasteiger partial charge in [0.2, 0.25) is 0 Å². The second-order valence-corrected chi connectivity index (χ2v) is 6.85. The minimum Gasteiger partial charge on any atom is -0.282 e. The van der Waals surface area contributed by atoms with Gasteiger partial charge in [-0.1, -0.05) is 71.3 Å². The molecule has 0 radical (unpaired) electrons. The van der Waals surface area contributed by atoms with Crippen molar-refractivity contribution >= 4 is 22.9 Å². The van der Waals surface area contributed by atoms with E-state index in [1.165, 1.54) is 51.4 Å². The molecule has 3 nitrogen and oxygen atoms in total. The summed E-state index contributed by atoms with van der Waals surface area (Å²) in [6, 6.07) is 0. The minimum absolute atomic E-state index is 0.212. The molecule has 0 aromatic heterocycles. The number of thioether (sulfide) groups is 1. The Labute approximate surface area is 133 Å². The van der Waals surface area contributed by atoms with Crippen LogP contribution >= 0.6 is 11.8 Å². The maximum atomic E-state index is 11.6.